The molecule has 1 N–H and O–H groups in total. The lowest BCUT2D eigenvalue weighted by atomic mass is 9.86. The van der Waals surface area contributed by atoms with Crippen LogP contribution in [0.25, 0.3) is 95.0 Å². The Bertz CT molecular complexity index is 3370. The van der Waals surface area contributed by atoms with Crippen LogP contribution in [0, 0.1) is 6.85 Å². The molecule has 10 aromatic rings. The molecule has 0 aliphatic heterocycles. The second-order valence-corrected chi connectivity index (χ2v) is 17.1. The van der Waals surface area contributed by atoms with Gasteiger partial charge in [-0.05, 0) is 123 Å². The minimum atomic E-state index is -2.33. The van der Waals surface area contributed by atoms with E-state index < -0.39 is 6.85 Å². The second-order valence-electron chi connectivity index (χ2n) is 17.1. The molecule has 0 saturated heterocycles. The van der Waals surface area contributed by atoms with Gasteiger partial charge in [0, 0.05) is 27.0 Å². The summed E-state index contributed by atoms with van der Waals surface area (Å²) >= 11 is 0. The number of phenolic OH excluding ortho intramolecular Hbond substituents is 1. The highest BCUT2D eigenvalue weighted by Gasteiger charge is 2.23. The second kappa shape index (κ2) is 16.2. The van der Waals surface area contributed by atoms with Gasteiger partial charge in [0.25, 0.3) is 0 Å². The average Bonchev–Trinajstić information content (AvgIpc) is 3.73. The number of hydrogen-bond donors (Lipinski definition) is 1. The number of rotatable bonds is 8. The van der Waals surface area contributed by atoms with Crippen molar-refractivity contribution in [3.8, 4) is 89.7 Å². The van der Waals surface area contributed by atoms with Gasteiger partial charge in [0.2, 0.25) is 0 Å². The number of benzene rings is 8. The Morgan fingerprint density at radius 2 is 1.08 bits per heavy atom. The van der Waals surface area contributed by atoms with Gasteiger partial charge in [0.1, 0.15) is 11.6 Å². The van der Waals surface area contributed by atoms with Crippen LogP contribution in [0.3, 0.4) is 0 Å². The van der Waals surface area contributed by atoms with E-state index in [9.17, 15) is 5.11 Å². The van der Waals surface area contributed by atoms with Crippen molar-refractivity contribution < 1.29 is 9.22 Å². The zero-order valence-corrected chi connectivity index (χ0v) is 35.4. The van der Waals surface area contributed by atoms with E-state index in [0.29, 0.717) is 11.4 Å². The Morgan fingerprint density at radius 3 is 1.78 bits per heavy atom. The number of para-hydroxylation sites is 2. The number of hydrogen-bond acceptors (Lipinski definition) is 3. The third-order valence-corrected chi connectivity index (χ3v) is 11.9. The van der Waals surface area contributed by atoms with Crippen LogP contribution in [0.2, 0.25) is 0 Å². The van der Waals surface area contributed by atoms with Crippen LogP contribution in [0.4, 0.5) is 0 Å². The summed E-state index contributed by atoms with van der Waals surface area (Å²) in [6.45, 7) is 4.20. The van der Waals surface area contributed by atoms with Crippen molar-refractivity contribution in [2.75, 3.05) is 0 Å². The maximum Gasteiger partial charge on any atom is 0.149 e. The van der Waals surface area contributed by atoms with Crippen molar-refractivity contribution in [2.45, 2.75) is 33.0 Å². The van der Waals surface area contributed by atoms with Gasteiger partial charge in [-0.25, -0.2) is 4.98 Å². The van der Waals surface area contributed by atoms with E-state index in [1.165, 1.54) is 11.1 Å². The number of aromatic nitrogens is 3. The lowest BCUT2D eigenvalue weighted by molar-refractivity contribution is 0.477. The minimum Gasteiger partial charge on any atom is -0.507 e. The molecule has 4 nitrogen and oxygen atoms in total. The van der Waals surface area contributed by atoms with Crippen LogP contribution >= 0.6 is 0 Å². The summed E-state index contributed by atoms with van der Waals surface area (Å²) in [6.07, 6.45) is 1.87. The lowest BCUT2D eigenvalue weighted by Gasteiger charge is -2.20. The first kappa shape index (κ1) is 35.9. The molecule has 0 amide bonds. The number of pyridine rings is 1. The Labute approximate surface area is 373 Å². The first-order valence-corrected chi connectivity index (χ1v) is 21.3. The highest BCUT2D eigenvalue weighted by molar-refractivity contribution is 5.98. The highest BCUT2D eigenvalue weighted by Crippen LogP contribution is 2.42. The Kier molecular flexibility index (Phi) is 9.24. The molecular weight excluding hydrogens is 767 g/mol. The molecule has 0 aliphatic rings. The fourth-order valence-electron chi connectivity index (χ4n) is 8.51. The largest absolute Gasteiger partial charge is 0.507 e. The topological polar surface area (TPSA) is 50.9 Å². The molecule has 0 unspecified atom stereocenters. The number of phenols is 1. The van der Waals surface area contributed by atoms with E-state index >= 15 is 0 Å². The van der Waals surface area contributed by atoms with Gasteiger partial charge >= 0.3 is 0 Å². The molecule has 0 atom stereocenters. The average molecular weight is 817 g/mol. The van der Waals surface area contributed by atoms with Gasteiger partial charge in [-0.15, -0.1) is 0 Å². The van der Waals surface area contributed by atoms with Crippen molar-refractivity contribution >= 4 is 11.0 Å². The Hall–Kier alpha value is -7.82. The molecule has 304 valence electrons. The van der Waals surface area contributed by atoms with E-state index in [-0.39, 0.29) is 16.7 Å². The summed E-state index contributed by atoms with van der Waals surface area (Å²) in [5, 5.41) is 11.5. The molecule has 0 bridgehead atoms. The summed E-state index contributed by atoms with van der Waals surface area (Å²) in [7, 11) is 0. The number of fused-ring (bicyclic) bond motifs is 1. The van der Waals surface area contributed by atoms with Crippen LogP contribution in [0.1, 0.15) is 36.0 Å². The van der Waals surface area contributed by atoms with Crippen molar-refractivity contribution in [3.05, 3.63) is 218 Å². The van der Waals surface area contributed by atoms with Crippen molar-refractivity contribution in [2.24, 2.45) is 0 Å². The monoisotopic (exact) mass is 816 g/mol. The van der Waals surface area contributed by atoms with Crippen LogP contribution in [0.5, 0.6) is 5.75 Å². The van der Waals surface area contributed by atoms with Gasteiger partial charge in [0.05, 0.1) is 28.0 Å². The summed E-state index contributed by atoms with van der Waals surface area (Å²) in [4.78, 5) is 10.3. The zero-order valence-electron chi connectivity index (χ0n) is 38.4. The standard InChI is InChI=1S/C59H47N3O/c1-39-22-31-54(52(34-39)44-27-29-49(30-28-44)59(2,3)4)62-55-20-13-19-50(57(55)61-58(62)51-18-11-12-21-56(51)63)47-35-46(41-16-9-6-10-17-41)36-48(37-47)53-38-45(32-33-60-53)43-25-23-42(24-26-43)40-14-7-5-8-15-40/h5-38,63H,1-4H3/i1D3. The van der Waals surface area contributed by atoms with E-state index in [4.69, 9.17) is 14.1 Å². The van der Waals surface area contributed by atoms with E-state index in [2.05, 4.69) is 147 Å². The maximum absolute atomic E-state index is 11.5. The molecule has 8 aromatic carbocycles. The number of aryl methyl sites for hydroxylation is 1. The molecule has 4 heteroatoms. The lowest BCUT2D eigenvalue weighted by Crippen LogP contribution is -2.10. The molecule has 0 spiro atoms. The predicted molar refractivity (Wildman–Crippen MR) is 262 cm³/mol. The molecule has 63 heavy (non-hydrogen) atoms. The van der Waals surface area contributed by atoms with Gasteiger partial charge in [-0.3, -0.25) is 9.55 Å². The normalized spacial score (nSPS) is 12.5. The fourth-order valence-corrected chi connectivity index (χ4v) is 8.51. The Balaban J connectivity index is 1.17. The third-order valence-electron chi connectivity index (χ3n) is 11.9. The smallest absolute Gasteiger partial charge is 0.149 e. The van der Waals surface area contributed by atoms with Gasteiger partial charge in [-0.2, -0.15) is 0 Å². The van der Waals surface area contributed by atoms with Crippen molar-refractivity contribution in [3.63, 3.8) is 0 Å². The quantitative estimate of drug-likeness (QED) is 0.166. The number of aromatic hydroxyl groups is 1. The number of nitrogens with zero attached hydrogens (tertiary/aromatic N) is 3. The van der Waals surface area contributed by atoms with Crippen LogP contribution < -0.4 is 0 Å². The summed E-state index contributed by atoms with van der Waals surface area (Å²) in [5.41, 5.74) is 16.0. The molecule has 2 aromatic heterocycles. The van der Waals surface area contributed by atoms with Crippen LogP contribution in [-0.2, 0) is 5.41 Å². The van der Waals surface area contributed by atoms with Gasteiger partial charge in [-0.1, -0.05) is 166 Å². The molecule has 0 radical (unpaired) electrons. The van der Waals surface area contributed by atoms with Crippen LogP contribution in [-0.4, -0.2) is 19.6 Å². The fraction of sp³-hybridized carbons (Fsp3) is 0.0847. The van der Waals surface area contributed by atoms with Gasteiger partial charge in [0.15, 0.2) is 0 Å². The van der Waals surface area contributed by atoms with E-state index in [0.717, 1.165) is 78.0 Å². The third kappa shape index (κ3) is 7.73. The molecule has 0 aliphatic carbocycles. The maximum atomic E-state index is 11.5. The van der Waals surface area contributed by atoms with E-state index in [1.807, 2.05) is 60.8 Å². The zero-order chi connectivity index (χ0) is 45.6. The molecule has 10 rings (SSSR count). The molecule has 0 saturated carbocycles. The van der Waals surface area contributed by atoms with Crippen molar-refractivity contribution in [1.29, 1.82) is 0 Å². The van der Waals surface area contributed by atoms with Crippen LogP contribution in [0.15, 0.2) is 206 Å². The molecular formula is C59H47N3O. The minimum absolute atomic E-state index is 0.0670. The van der Waals surface area contributed by atoms with Crippen molar-refractivity contribution in [1.82, 2.24) is 14.5 Å². The first-order valence-electron chi connectivity index (χ1n) is 22.8. The number of imidazole rings is 1. The molecule has 0 fully saturated rings. The van der Waals surface area contributed by atoms with E-state index in [1.54, 1.807) is 24.3 Å². The summed E-state index contributed by atoms with van der Waals surface area (Å²) in [5.74, 6) is 0.608. The Morgan fingerprint density at radius 1 is 0.476 bits per heavy atom. The highest BCUT2D eigenvalue weighted by atomic mass is 16.3. The SMILES string of the molecule is [2H]C([2H])([2H])c1ccc(-n2c(-c3ccccc3O)nc3c(-c4cc(-c5ccccc5)cc(-c5cc(-c6ccc(-c7ccccc7)cc6)ccn5)c4)cccc32)c(-c2ccc(C(C)(C)C)cc2)c1. The summed E-state index contributed by atoms with van der Waals surface area (Å²) < 4.78 is 27.2. The molecule has 2 heterocycles. The first-order chi connectivity index (χ1) is 31.9. The predicted octanol–water partition coefficient (Wildman–Crippen LogP) is 15.4. The summed E-state index contributed by atoms with van der Waals surface area (Å²) in [6, 6.07) is 67.2. The van der Waals surface area contributed by atoms with Gasteiger partial charge < -0.3 is 5.11 Å².